The van der Waals surface area contributed by atoms with Gasteiger partial charge in [-0.1, -0.05) is 43.7 Å². The van der Waals surface area contributed by atoms with Crippen LogP contribution in [0.1, 0.15) is 64.1 Å². The van der Waals surface area contributed by atoms with Gasteiger partial charge in [-0.15, -0.1) is 0 Å². The third-order valence-corrected chi connectivity index (χ3v) is 7.26. The number of aromatic nitrogens is 1. The molecule has 2 atom stereocenters. The van der Waals surface area contributed by atoms with Crippen LogP contribution in [-0.2, 0) is 17.7 Å². The van der Waals surface area contributed by atoms with Crippen LogP contribution in [0.3, 0.4) is 0 Å². The van der Waals surface area contributed by atoms with Crippen molar-refractivity contribution in [2.75, 3.05) is 19.6 Å². The van der Waals surface area contributed by atoms with E-state index in [2.05, 4.69) is 10.3 Å². The van der Waals surface area contributed by atoms with E-state index in [1.165, 1.54) is 30.7 Å². The normalized spacial score (nSPS) is 12.5. The Morgan fingerprint density at radius 2 is 1.69 bits per heavy atom. The molecule has 45 heavy (non-hydrogen) atoms. The average molecular weight is 619 g/mol. The zero-order chi connectivity index (χ0) is 32.3. The summed E-state index contributed by atoms with van der Waals surface area (Å²) in [5.41, 5.74) is 9.87. The number of ether oxygens (including phenoxy) is 1. The Bertz CT molecular complexity index is 1550. The van der Waals surface area contributed by atoms with Gasteiger partial charge in [0.1, 0.15) is 24.0 Å². The topological polar surface area (TPSA) is 111 Å². The number of hydrogen-bond donors (Lipinski definition) is 2. The lowest BCUT2D eigenvalue weighted by atomic mass is 10.0. The Labute approximate surface area is 262 Å². The van der Waals surface area contributed by atoms with E-state index in [1.807, 2.05) is 45.0 Å². The molecular formula is C35H40F2N4O4. The highest BCUT2D eigenvalue weighted by Crippen LogP contribution is 2.24. The molecular weight excluding hydrogens is 578 g/mol. The van der Waals surface area contributed by atoms with E-state index in [9.17, 15) is 18.4 Å². The molecule has 1 amide bonds. The van der Waals surface area contributed by atoms with E-state index in [1.54, 1.807) is 17.0 Å². The number of carbonyl (C=O) groups excluding carboxylic acids is 2. The van der Waals surface area contributed by atoms with E-state index in [0.717, 1.165) is 30.0 Å². The van der Waals surface area contributed by atoms with Gasteiger partial charge in [-0.25, -0.2) is 18.6 Å². The third-order valence-electron chi connectivity index (χ3n) is 7.26. The van der Waals surface area contributed by atoms with Gasteiger partial charge < -0.3 is 25.1 Å². The number of esters is 1. The zero-order valence-electron chi connectivity index (χ0n) is 25.9. The molecule has 0 saturated heterocycles. The maximum absolute atomic E-state index is 13.9. The minimum Gasteiger partial charge on any atom is -0.456 e. The Kier molecular flexibility index (Phi) is 11.9. The predicted molar refractivity (Wildman–Crippen MR) is 169 cm³/mol. The lowest BCUT2D eigenvalue weighted by Gasteiger charge is -2.25. The van der Waals surface area contributed by atoms with Crippen molar-refractivity contribution in [1.82, 2.24) is 15.2 Å². The largest absolute Gasteiger partial charge is 0.456 e. The van der Waals surface area contributed by atoms with Crippen LogP contribution in [0, 0.1) is 18.6 Å². The molecule has 3 aromatic carbocycles. The number of oxazole rings is 1. The molecule has 0 aliphatic carbocycles. The zero-order valence-corrected chi connectivity index (χ0v) is 25.9. The fraction of sp³-hybridized carbons (Fsp3) is 0.343. The molecule has 0 radical (unpaired) electrons. The summed E-state index contributed by atoms with van der Waals surface area (Å²) in [6.45, 7) is 7.79. The van der Waals surface area contributed by atoms with Gasteiger partial charge in [0, 0.05) is 49.4 Å². The van der Waals surface area contributed by atoms with E-state index >= 15 is 0 Å². The third kappa shape index (κ3) is 9.54. The van der Waals surface area contributed by atoms with E-state index in [4.69, 9.17) is 14.9 Å². The van der Waals surface area contributed by atoms with Gasteiger partial charge in [-0.05, 0) is 67.6 Å². The van der Waals surface area contributed by atoms with Crippen molar-refractivity contribution in [2.24, 2.45) is 5.73 Å². The summed E-state index contributed by atoms with van der Waals surface area (Å²) < 4.78 is 39.3. The number of benzene rings is 3. The number of nitrogens with one attached hydrogen (secondary N) is 1. The second kappa shape index (κ2) is 16.1. The Balaban J connectivity index is 1.61. The molecule has 0 saturated carbocycles. The van der Waals surface area contributed by atoms with Crippen LogP contribution in [0.2, 0.25) is 0 Å². The van der Waals surface area contributed by atoms with E-state index < -0.39 is 29.7 Å². The maximum Gasteiger partial charge on any atom is 0.338 e. The van der Waals surface area contributed by atoms with Crippen LogP contribution in [0.5, 0.6) is 0 Å². The molecule has 0 spiro atoms. The molecule has 0 aliphatic rings. The minimum atomic E-state index is -0.880. The summed E-state index contributed by atoms with van der Waals surface area (Å²) in [4.78, 5) is 33.2. The van der Waals surface area contributed by atoms with Crippen molar-refractivity contribution in [3.63, 3.8) is 0 Å². The highest BCUT2D eigenvalue weighted by Gasteiger charge is 2.26. The predicted octanol–water partition coefficient (Wildman–Crippen LogP) is 6.08. The summed E-state index contributed by atoms with van der Waals surface area (Å²) in [6, 6.07) is 15.1. The first kappa shape index (κ1) is 33.5. The number of amides is 1. The van der Waals surface area contributed by atoms with Crippen LogP contribution in [0.15, 0.2) is 77.5 Å². The number of rotatable bonds is 15. The highest BCUT2D eigenvalue weighted by atomic mass is 19.1. The van der Waals surface area contributed by atoms with Crippen LogP contribution in [-0.4, -0.2) is 53.5 Å². The van der Waals surface area contributed by atoms with Crippen molar-refractivity contribution in [1.29, 1.82) is 0 Å². The molecule has 1 aromatic heterocycles. The average Bonchev–Trinajstić information content (AvgIpc) is 3.55. The van der Waals surface area contributed by atoms with Gasteiger partial charge in [-0.2, -0.15) is 0 Å². The number of halogens is 2. The highest BCUT2D eigenvalue weighted by molar-refractivity contribution is 5.99. The molecule has 10 heteroatoms. The first-order chi connectivity index (χ1) is 21.7. The molecule has 4 rings (SSSR count). The summed E-state index contributed by atoms with van der Waals surface area (Å²) in [7, 11) is 0. The summed E-state index contributed by atoms with van der Waals surface area (Å²) in [6.07, 6.45) is 3.63. The summed E-state index contributed by atoms with van der Waals surface area (Å²) in [5.74, 6) is -2.12. The maximum atomic E-state index is 13.9. The van der Waals surface area contributed by atoms with Crippen molar-refractivity contribution in [3.05, 3.63) is 113 Å². The Morgan fingerprint density at radius 3 is 2.33 bits per heavy atom. The van der Waals surface area contributed by atoms with Gasteiger partial charge in [0.15, 0.2) is 0 Å². The Morgan fingerprint density at radius 1 is 0.978 bits per heavy atom. The molecule has 3 N–H and O–H groups in total. The number of aryl methyl sites for hydroxylation is 1. The molecule has 0 bridgehead atoms. The number of nitrogens with zero attached hydrogens (tertiary/aromatic N) is 2. The molecule has 0 aliphatic heterocycles. The minimum absolute atomic E-state index is 0.0574. The molecule has 1 heterocycles. The van der Waals surface area contributed by atoms with E-state index in [0.29, 0.717) is 36.3 Å². The van der Waals surface area contributed by atoms with Crippen molar-refractivity contribution < 1.29 is 27.5 Å². The van der Waals surface area contributed by atoms with Crippen LogP contribution >= 0.6 is 0 Å². The monoisotopic (exact) mass is 618 g/mol. The fourth-order valence-corrected chi connectivity index (χ4v) is 5.19. The van der Waals surface area contributed by atoms with Gasteiger partial charge in [0.2, 0.25) is 5.89 Å². The first-order valence-electron chi connectivity index (χ1n) is 15.2. The van der Waals surface area contributed by atoms with Crippen molar-refractivity contribution in [2.45, 2.75) is 58.7 Å². The van der Waals surface area contributed by atoms with Crippen LogP contribution in [0.4, 0.5) is 8.78 Å². The first-order valence-corrected chi connectivity index (χ1v) is 15.2. The SMILES string of the molecule is CCCN(CCC)C(=O)c1cc(C(=O)O[C@H](CNCc2cccc(C)c2)[C@@H](N)Cc2cc(F)cc(F)c2)cc(-c2ncco2)c1. The van der Waals surface area contributed by atoms with Gasteiger partial charge >= 0.3 is 5.97 Å². The van der Waals surface area contributed by atoms with Crippen LogP contribution < -0.4 is 11.1 Å². The van der Waals surface area contributed by atoms with Gasteiger partial charge in [0.05, 0.1) is 11.8 Å². The standard InChI is InChI=1S/C35H40F2N4O4/c1-4-10-41(11-5-2)34(42)27-17-26(33-40-9-12-44-33)18-28(19-27)35(43)45-32(22-39-21-24-8-6-7-23(3)13-24)31(38)16-25-14-29(36)20-30(37)15-25/h6-9,12-15,17-20,31-32,39H,4-5,10-11,16,21-22,38H2,1-3H3/t31-,32+/m0/s1. The molecule has 4 aromatic rings. The fourth-order valence-electron chi connectivity index (χ4n) is 5.19. The van der Waals surface area contributed by atoms with Crippen molar-refractivity contribution >= 4 is 11.9 Å². The van der Waals surface area contributed by atoms with Gasteiger partial charge in [-0.3, -0.25) is 4.79 Å². The molecule has 0 fully saturated rings. The van der Waals surface area contributed by atoms with E-state index in [-0.39, 0.29) is 30.3 Å². The molecule has 238 valence electrons. The van der Waals surface area contributed by atoms with Crippen molar-refractivity contribution in [3.8, 4) is 11.5 Å². The number of carbonyl (C=O) groups is 2. The Hall–Kier alpha value is -4.41. The van der Waals surface area contributed by atoms with Crippen LogP contribution in [0.25, 0.3) is 11.5 Å². The van der Waals surface area contributed by atoms with Gasteiger partial charge in [0.25, 0.3) is 5.91 Å². The quantitative estimate of drug-likeness (QED) is 0.156. The summed E-state index contributed by atoms with van der Waals surface area (Å²) >= 11 is 0. The second-order valence-electron chi connectivity index (χ2n) is 11.1. The molecule has 8 nitrogen and oxygen atoms in total. The molecule has 0 unspecified atom stereocenters. The number of hydrogen-bond acceptors (Lipinski definition) is 7. The summed E-state index contributed by atoms with van der Waals surface area (Å²) in [5, 5.41) is 3.29. The lowest BCUT2D eigenvalue weighted by molar-refractivity contribution is 0.0238. The second-order valence-corrected chi connectivity index (χ2v) is 11.1. The number of nitrogens with two attached hydrogens (primary N) is 1. The lowest BCUT2D eigenvalue weighted by Crippen LogP contribution is -2.46. The smallest absolute Gasteiger partial charge is 0.338 e.